The molecular weight excluding hydrogens is 160 g/mol. The molecule has 70 valence electrons. The molecule has 0 aliphatic carbocycles. The van der Waals surface area contributed by atoms with Crippen LogP contribution in [0.5, 0.6) is 0 Å². The highest BCUT2D eigenvalue weighted by atomic mass is 16.5. The van der Waals surface area contributed by atoms with E-state index < -0.39 is 17.5 Å². The van der Waals surface area contributed by atoms with E-state index in [4.69, 9.17) is 9.84 Å². The van der Waals surface area contributed by atoms with Gasteiger partial charge in [-0.15, -0.1) is 0 Å². The summed E-state index contributed by atoms with van der Waals surface area (Å²) in [5.41, 5.74) is -1.02. The SMILES string of the molecule is COC(CC=O)C(C)(C)C(=O)O. The molecule has 1 unspecified atom stereocenters. The second-order valence-corrected chi connectivity index (χ2v) is 3.15. The van der Waals surface area contributed by atoms with Gasteiger partial charge in [0.2, 0.25) is 0 Å². The zero-order valence-electron chi connectivity index (χ0n) is 7.53. The first-order valence-corrected chi connectivity index (χ1v) is 3.66. The first kappa shape index (κ1) is 11.1. The van der Waals surface area contributed by atoms with Crippen LogP contribution in [0.25, 0.3) is 0 Å². The van der Waals surface area contributed by atoms with Gasteiger partial charge in [0, 0.05) is 13.5 Å². The largest absolute Gasteiger partial charge is 0.481 e. The third-order valence-electron chi connectivity index (χ3n) is 1.95. The Labute approximate surface area is 71.5 Å². The van der Waals surface area contributed by atoms with Gasteiger partial charge in [-0.25, -0.2) is 0 Å². The molecule has 4 heteroatoms. The van der Waals surface area contributed by atoms with Crippen LogP contribution in [0.1, 0.15) is 20.3 Å². The van der Waals surface area contributed by atoms with Crippen molar-refractivity contribution in [1.82, 2.24) is 0 Å². The molecule has 0 rings (SSSR count). The summed E-state index contributed by atoms with van der Waals surface area (Å²) >= 11 is 0. The average molecular weight is 174 g/mol. The molecule has 0 bridgehead atoms. The molecule has 0 aliphatic heterocycles. The Morgan fingerprint density at radius 2 is 2.17 bits per heavy atom. The summed E-state index contributed by atoms with van der Waals surface area (Å²) in [7, 11) is 1.40. The van der Waals surface area contributed by atoms with E-state index in [1.54, 1.807) is 0 Å². The molecule has 0 aromatic rings. The Morgan fingerprint density at radius 1 is 1.67 bits per heavy atom. The number of carboxylic acid groups (broad SMARTS) is 1. The highest BCUT2D eigenvalue weighted by molar-refractivity contribution is 5.75. The topological polar surface area (TPSA) is 63.6 Å². The molecule has 1 atom stereocenters. The van der Waals surface area contributed by atoms with Crippen molar-refractivity contribution in [2.45, 2.75) is 26.4 Å². The van der Waals surface area contributed by atoms with E-state index in [-0.39, 0.29) is 6.42 Å². The monoisotopic (exact) mass is 174 g/mol. The van der Waals surface area contributed by atoms with Crippen molar-refractivity contribution in [3.8, 4) is 0 Å². The Hall–Kier alpha value is -0.900. The number of ether oxygens (including phenoxy) is 1. The summed E-state index contributed by atoms with van der Waals surface area (Å²) in [6.45, 7) is 3.07. The maximum Gasteiger partial charge on any atom is 0.311 e. The lowest BCUT2D eigenvalue weighted by Gasteiger charge is -2.27. The van der Waals surface area contributed by atoms with Gasteiger partial charge in [0.1, 0.15) is 6.29 Å². The summed E-state index contributed by atoms with van der Waals surface area (Å²) in [5.74, 6) is -0.962. The van der Waals surface area contributed by atoms with Gasteiger partial charge in [-0.3, -0.25) is 4.79 Å². The minimum absolute atomic E-state index is 0.107. The van der Waals surface area contributed by atoms with Crippen LogP contribution < -0.4 is 0 Å². The molecule has 1 N–H and O–H groups in total. The van der Waals surface area contributed by atoms with Crippen LogP contribution in [-0.4, -0.2) is 30.6 Å². The zero-order chi connectivity index (χ0) is 9.78. The van der Waals surface area contributed by atoms with Crippen molar-refractivity contribution in [2.75, 3.05) is 7.11 Å². The standard InChI is InChI=1S/C8H14O4/c1-8(2,7(10)11)6(12-3)4-5-9/h5-6H,4H2,1-3H3,(H,10,11). The lowest BCUT2D eigenvalue weighted by Crippen LogP contribution is -2.38. The highest BCUT2D eigenvalue weighted by Gasteiger charge is 2.36. The average Bonchev–Trinajstić information content (AvgIpc) is 1.99. The number of aliphatic carboxylic acids is 1. The Morgan fingerprint density at radius 3 is 2.42 bits per heavy atom. The van der Waals surface area contributed by atoms with Crippen molar-refractivity contribution in [2.24, 2.45) is 5.41 Å². The third-order valence-corrected chi connectivity index (χ3v) is 1.95. The zero-order valence-corrected chi connectivity index (χ0v) is 7.53. The summed E-state index contributed by atoms with van der Waals surface area (Å²) in [4.78, 5) is 20.9. The third kappa shape index (κ3) is 2.30. The minimum atomic E-state index is -1.02. The smallest absolute Gasteiger partial charge is 0.311 e. The van der Waals surface area contributed by atoms with Crippen LogP contribution in [0.15, 0.2) is 0 Å². The minimum Gasteiger partial charge on any atom is -0.481 e. The fraction of sp³-hybridized carbons (Fsp3) is 0.750. The van der Waals surface area contributed by atoms with Gasteiger partial charge in [-0.05, 0) is 13.8 Å². The van der Waals surface area contributed by atoms with E-state index in [0.29, 0.717) is 6.29 Å². The molecule has 0 aliphatic rings. The first-order chi connectivity index (χ1) is 5.46. The number of rotatable bonds is 5. The summed E-state index contributed by atoms with van der Waals surface area (Å²) in [5, 5.41) is 8.77. The van der Waals surface area contributed by atoms with E-state index in [1.165, 1.54) is 21.0 Å². The predicted octanol–water partition coefficient (Wildman–Crippen LogP) is 0.701. The van der Waals surface area contributed by atoms with E-state index in [9.17, 15) is 9.59 Å². The van der Waals surface area contributed by atoms with Crippen molar-refractivity contribution < 1.29 is 19.4 Å². The van der Waals surface area contributed by atoms with Crippen LogP contribution >= 0.6 is 0 Å². The summed E-state index contributed by atoms with van der Waals surface area (Å²) < 4.78 is 4.90. The molecular formula is C8H14O4. The van der Waals surface area contributed by atoms with Crippen LogP contribution in [0.2, 0.25) is 0 Å². The quantitative estimate of drug-likeness (QED) is 0.623. The van der Waals surface area contributed by atoms with Crippen LogP contribution in [0.3, 0.4) is 0 Å². The number of carbonyl (C=O) groups is 2. The van der Waals surface area contributed by atoms with Gasteiger partial charge < -0.3 is 14.6 Å². The molecule has 0 saturated carbocycles. The van der Waals surface area contributed by atoms with Crippen molar-refractivity contribution in [3.05, 3.63) is 0 Å². The Balaban J connectivity index is 4.46. The van der Waals surface area contributed by atoms with Gasteiger partial charge in [0.05, 0.1) is 11.5 Å². The van der Waals surface area contributed by atoms with Gasteiger partial charge in [-0.1, -0.05) is 0 Å². The molecule has 0 aromatic carbocycles. The normalized spacial score (nSPS) is 13.9. The lowest BCUT2D eigenvalue weighted by atomic mass is 9.85. The van der Waals surface area contributed by atoms with E-state index in [2.05, 4.69) is 0 Å². The van der Waals surface area contributed by atoms with Gasteiger partial charge in [-0.2, -0.15) is 0 Å². The summed E-state index contributed by atoms with van der Waals surface area (Å²) in [6.07, 6.45) is 0.210. The molecule has 12 heavy (non-hydrogen) atoms. The number of hydrogen-bond donors (Lipinski definition) is 1. The van der Waals surface area contributed by atoms with Crippen molar-refractivity contribution >= 4 is 12.3 Å². The van der Waals surface area contributed by atoms with Gasteiger partial charge in [0.25, 0.3) is 0 Å². The molecule has 0 spiro atoms. The molecule has 0 saturated heterocycles. The molecule has 0 aromatic heterocycles. The number of hydrogen-bond acceptors (Lipinski definition) is 3. The number of aldehydes is 1. The van der Waals surface area contributed by atoms with Crippen LogP contribution in [-0.2, 0) is 14.3 Å². The maximum absolute atomic E-state index is 10.7. The molecule has 4 nitrogen and oxygen atoms in total. The lowest BCUT2D eigenvalue weighted by molar-refractivity contribution is -0.155. The second-order valence-electron chi connectivity index (χ2n) is 3.15. The van der Waals surface area contributed by atoms with Crippen molar-refractivity contribution in [1.29, 1.82) is 0 Å². The van der Waals surface area contributed by atoms with E-state index in [0.717, 1.165) is 0 Å². The fourth-order valence-electron chi connectivity index (χ4n) is 0.911. The highest BCUT2D eigenvalue weighted by Crippen LogP contribution is 2.24. The maximum atomic E-state index is 10.7. The molecule has 0 fully saturated rings. The van der Waals surface area contributed by atoms with Crippen molar-refractivity contribution in [3.63, 3.8) is 0 Å². The van der Waals surface area contributed by atoms with Gasteiger partial charge in [0.15, 0.2) is 0 Å². The molecule has 0 heterocycles. The molecule has 0 amide bonds. The fourth-order valence-corrected chi connectivity index (χ4v) is 0.911. The molecule has 0 radical (unpaired) electrons. The Bertz CT molecular complexity index is 174. The predicted molar refractivity (Wildman–Crippen MR) is 42.9 cm³/mol. The first-order valence-electron chi connectivity index (χ1n) is 3.66. The van der Waals surface area contributed by atoms with E-state index in [1.807, 2.05) is 0 Å². The number of carboxylic acids is 1. The van der Waals surface area contributed by atoms with Gasteiger partial charge >= 0.3 is 5.97 Å². The summed E-state index contributed by atoms with van der Waals surface area (Å²) in [6, 6.07) is 0. The Kier molecular flexibility index (Phi) is 3.89. The van der Waals surface area contributed by atoms with E-state index >= 15 is 0 Å². The number of methoxy groups -OCH3 is 1. The number of carbonyl (C=O) groups excluding carboxylic acids is 1. The van der Waals surface area contributed by atoms with Crippen LogP contribution in [0.4, 0.5) is 0 Å². The van der Waals surface area contributed by atoms with Crippen LogP contribution in [0, 0.1) is 5.41 Å². The second kappa shape index (κ2) is 4.21.